The molecule has 1 atom stereocenters. The van der Waals surface area contributed by atoms with Gasteiger partial charge in [-0.25, -0.2) is 0 Å². The third kappa shape index (κ3) is 3.58. The lowest BCUT2D eigenvalue weighted by Crippen LogP contribution is -2.27. The standard InChI is InChI=1S/C12H15ClN4O3/c1-7(12-16-10(17-20-12)3-4-19-2)15-11(18)9-5-8(13)6-14-9/h5-7,14H,3-4H2,1-2H3,(H,15,18)/t7-/m0/s1. The molecule has 0 radical (unpaired) electrons. The number of aromatic nitrogens is 3. The number of amides is 1. The Morgan fingerprint density at radius 3 is 3.10 bits per heavy atom. The maximum Gasteiger partial charge on any atom is 0.268 e. The second kappa shape index (κ2) is 6.53. The highest BCUT2D eigenvalue weighted by Crippen LogP contribution is 2.13. The molecule has 0 saturated heterocycles. The molecule has 2 rings (SSSR count). The third-order valence-corrected chi connectivity index (χ3v) is 2.84. The molecule has 0 bridgehead atoms. The van der Waals surface area contributed by atoms with Crippen LogP contribution in [0.3, 0.4) is 0 Å². The molecular formula is C12H15ClN4O3. The minimum atomic E-state index is -0.395. The first-order chi connectivity index (χ1) is 9.60. The van der Waals surface area contributed by atoms with Crippen LogP contribution in [0.15, 0.2) is 16.8 Å². The first-order valence-corrected chi connectivity index (χ1v) is 6.44. The van der Waals surface area contributed by atoms with Gasteiger partial charge in [0.2, 0.25) is 5.89 Å². The van der Waals surface area contributed by atoms with Gasteiger partial charge in [-0.05, 0) is 13.0 Å². The predicted octanol–water partition coefficient (Wildman–Crippen LogP) is 1.73. The number of halogens is 1. The van der Waals surface area contributed by atoms with Crippen LogP contribution in [0.1, 0.15) is 35.2 Å². The average molecular weight is 299 g/mol. The van der Waals surface area contributed by atoms with E-state index in [1.165, 1.54) is 6.20 Å². The van der Waals surface area contributed by atoms with E-state index in [1.807, 2.05) is 0 Å². The van der Waals surface area contributed by atoms with Crippen molar-refractivity contribution in [2.24, 2.45) is 0 Å². The SMILES string of the molecule is COCCc1noc([C@H](C)NC(=O)c2cc(Cl)c[nH]2)n1. The topological polar surface area (TPSA) is 93.0 Å². The van der Waals surface area contributed by atoms with Gasteiger partial charge in [-0.1, -0.05) is 16.8 Å². The molecule has 0 spiro atoms. The number of carbonyl (C=O) groups excluding carboxylic acids is 1. The van der Waals surface area contributed by atoms with Crippen LogP contribution < -0.4 is 5.32 Å². The van der Waals surface area contributed by atoms with Gasteiger partial charge in [0.25, 0.3) is 5.91 Å². The van der Waals surface area contributed by atoms with Crippen molar-refractivity contribution in [3.63, 3.8) is 0 Å². The van der Waals surface area contributed by atoms with Crippen molar-refractivity contribution in [3.05, 3.63) is 34.7 Å². The van der Waals surface area contributed by atoms with Crippen molar-refractivity contribution < 1.29 is 14.1 Å². The number of hydrogen-bond donors (Lipinski definition) is 2. The molecule has 2 N–H and O–H groups in total. The highest BCUT2D eigenvalue weighted by atomic mass is 35.5. The number of nitrogens with zero attached hydrogens (tertiary/aromatic N) is 2. The smallest absolute Gasteiger partial charge is 0.268 e. The molecule has 20 heavy (non-hydrogen) atoms. The fraction of sp³-hybridized carbons (Fsp3) is 0.417. The van der Waals surface area contributed by atoms with E-state index in [9.17, 15) is 4.79 Å². The van der Waals surface area contributed by atoms with Gasteiger partial charge in [-0.3, -0.25) is 4.79 Å². The summed E-state index contributed by atoms with van der Waals surface area (Å²) in [6.07, 6.45) is 2.10. The molecule has 2 aromatic heterocycles. The Kier molecular flexibility index (Phi) is 4.75. The maximum atomic E-state index is 11.9. The minimum absolute atomic E-state index is 0.291. The molecule has 0 aliphatic carbocycles. The number of ether oxygens (including phenoxy) is 1. The van der Waals surface area contributed by atoms with Crippen LogP contribution in [0.4, 0.5) is 0 Å². The number of H-pyrrole nitrogens is 1. The molecule has 0 saturated carbocycles. The summed E-state index contributed by atoms with van der Waals surface area (Å²) in [6.45, 7) is 2.27. The lowest BCUT2D eigenvalue weighted by atomic mass is 10.3. The predicted molar refractivity (Wildman–Crippen MR) is 71.6 cm³/mol. The minimum Gasteiger partial charge on any atom is -0.384 e. The van der Waals surface area contributed by atoms with E-state index in [0.29, 0.717) is 35.5 Å². The summed E-state index contributed by atoms with van der Waals surface area (Å²) >= 11 is 5.75. The number of methoxy groups -OCH3 is 1. The second-order valence-electron chi connectivity index (χ2n) is 4.22. The van der Waals surface area contributed by atoms with Crippen LogP contribution in [-0.4, -0.2) is 34.7 Å². The van der Waals surface area contributed by atoms with E-state index in [2.05, 4.69) is 20.4 Å². The molecule has 8 heteroatoms. The summed E-state index contributed by atoms with van der Waals surface area (Å²) in [7, 11) is 1.60. The fourth-order valence-electron chi connectivity index (χ4n) is 1.57. The number of hydrogen-bond acceptors (Lipinski definition) is 5. The molecule has 2 heterocycles. The second-order valence-corrected chi connectivity index (χ2v) is 4.65. The largest absolute Gasteiger partial charge is 0.384 e. The Hall–Kier alpha value is -1.86. The monoisotopic (exact) mass is 298 g/mol. The number of nitrogens with one attached hydrogen (secondary N) is 2. The zero-order chi connectivity index (χ0) is 14.5. The molecule has 7 nitrogen and oxygen atoms in total. The molecular weight excluding hydrogens is 284 g/mol. The molecule has 2 aromatic rings. The van der Waals surface area contributed by atoms with Crippen LogP contribution in [-0.2, 0) is 11.2 Å². The molecule has 108 valence electrons. The Morgan fingerprint density at radius 2 is 2.45 bits per heavy atom. The molecule has 0 fully saturated rings. The quantitative estimate of drug-likeness (QED) is 0.847. The van der Waals surface area contributed by atoms with Gasteiger partial charge in [0, 0.05) is 19.7 Å². The van der Waals surface area contributed by atoms with Crippen molar-refractivity contribution in [1.82, 2.24) is 20.4 Å². The summed E-state index contributed by atoms with van der Waals surface area (Å²) in [5, 5.41) is 7.03. The van der Waals surface area contributed by atoms with Crippen molar-refractivity contribution in [3.8, 4) is 0 Å². The highest BCUT2D eigenvalue weighted by Gasteiger charge is 2.18. The van der Waals surface area contributed by atoms with Gasteiger partial charge in [0.05, 0.1) is 11.6 Å². The van der Waals surface area contributed by atoms with E-state index in [0.717, 1.165) is 0 Å². The summed E-state index contributed by atoms with van der Waals surface area (Å²) in [4.78, 5) is 18.9. The Bertz CT molecular complexity index is 581. The van der Waals surface area contributed by atoms with E-state index in [4.69, 9.17) is 20.9 Å². The van der Waals surface area contributed by atoms with Crippen molar-refractivity contribution >= 4 is 17.5 Å². The van der Waals surface area contributed by atoms with Crippen LogP contribution in [0.5, 0.6) is 0 Å². The van der Waals surface area contributed by atoms with Gasteiger partial charge in [0.15, 0.2) is 5.82 Å². The zero-order valence-corrected chi connectivity index (χ0v) is 11.9. The van der Waals surface area contributed by atoms with E-state index in [-0.39, 0.29) is 5.91 Å². The Labute approximate surface area is 120 Å². The van der Waals surface area contributed by atoms with Crippen LogP contribution in [0.2, 0.25) is 5.02 Å². The van der Waals surface area contributed by atoms with Crippen molar-refractivity contribution in [2.45, 2.75) is 19.4 Å². The molecule has 0 aromatic carbocycles. The molecule has 1 amide bonds. The van der Waals surface area contributed by atoms with Crippen LogP contribution in [0.25, 0.3) is 0 Å². The van der Waals surface area contributed by atoms with Crippen LogP contribution in [0, 0.1) is 0 Å². The molecule has 0 aliphatic rings. The molecule has 0 aliphatic heterocycles. The summed E-state index contributed by atoms with van der Waals surface area (Å²) in [5.41, 5.74) is 0.376. The first-order valence-electron chi connectivity index (χ1n) is 6.06. The molecule has 0 unspecified atom stereocenters. The number of carbonyl (C=O) groups is 1. The van der Waals surface area contributed by atoms with Gasteiger partial charge in [-0.2, -0.15) is 4.98 Å². The van der Waals surface area contributed by atoms with Gasteiger partial charge in [-0.15, -0.1) is 0 Å². The summed E-state index contributed by atoms with van der Waals surface area (Å²) < 4.78 is 10.0. The Balaban J connectivity index is 1.95. The lowest BCUT2D eigenvalue weighted by molar-refractivity contribution is 0.0928. The third-order valence-electron chi connectivity index (χ3n) is 2.62. The lowest BCUT2D eigenvalue weighted by Gasteiger charge is -2.08. The maximum absolute atomic E-state index is 11.9. The zero-order valence-electron chi connectivity index (χ0n) is 11.1. The fourth-order valence-corrected chi connectivity index (χ4v) is 1.74. The van der Waals surface area contributed by atoms with E-state index < -0.39 is 6.04 Å². The Morgan fingerprint density at radius 1 is 1.65 bits per heavy atom. The number of rotatable bonds is 6. The van der Waals surface area contributed by atoms with Crippen molar-refractivity contribution in [1.29, 1.82) is 0 Å². The van der Waals surface area contributed by atoms with E-state index >= 15 is 0 Å². The highest BCUT2D eigenvalue weighted by molar-refractivity contribution is 6.30. The normalized spacial score (nSPS) is 12.3. The van der Waals surface area contributed by atoms with E-state index in [1.54, 1.807) is 20.1 Å². The first kappa shape index (κ1) is 14.5. The summed E-state index contributed by atoms with van der Waals surface area (Å²) in [5.74, 6) is 0.606. The van der Waals surface area contributed by atoms with Crippen molar-refractivity contribution in [2.75, 3.05) is 13.7 Å². The summed E-state index contributed by atoms with van der Waals surface area (Å²) in [6, 6.07) is 1.15. The van der Waals surface area contributed by atoms with Gasteiger partial charge < -0.3 is 19.6 Å². The van der Waals surface area contributed by atoms with Gasteiger partial charge in [0.1, 0.15) is 11.7 Å². The number of aromatic amines is 1. The average Bonchev–Trinajstić information content (AvgIpc) is 3.05. The van der Waals surface area contributed by atoms with Gasteiger partial charge >= 0.3 is 0 Å². The van der Waals surface area contributed by atoms with Crippen LogP contribution >= 0.6 is 11.6 Å².